The Balaban J connectivity index is 2.24. The molecule has 5 nitrogen and oxygen atoms in total. The first-order valence-electron chi connectivity index (χ1n) is 6.18. The van der Waals surface area contributed by atoms with Crippen LogP contribution in [0.4, 0.5) is 5.69 Å². The fourth-order valence-corrected chi connectivity index (χ4v) is 3.14. The van der Waals surface area contributed by atoms with Crippen molar-refractivity contribution >= 4 is 15.7 Å². The Morgan fingerprint density at radius 2 is 1.85 bits per heavy atom. The first-order chi connectivity index (χ1) is 9.40. The van der Waals surface area contributed by atoms with Crippen molar-refractivity contribution in [3.63, 3.8) is 0 Å². The third-order valence-electron chi connectivity index (χ3n) is 3.02. The van der Waals surface area contributed by atoms with Crippen LogP contribution in [0.3, 0.4) is 0 Å². The molecular weight excluding hydrogens is 274 g/mol. The van der Waals surface area contributed by atoms with Gasteiger partial charge in [-0.25, -0.2) is 13.1 Å². The molecule has 1 atom stereocenters. The van der Waals surface area contributed by atoms with Crippen molar-refractivity contribution in [3.8, 4) is 0 Å². The largest absolute Gasteiger partial charge is 0.398 e. The van der Waals surface area contributed by atoms with Gasteiger partial charge in [0, 0.05) is 18.4 Å². The van der Waals surface area contributed by atoms with Crippen LogP contribution in [0.25, 0.3) is 0 Å². The maximum atomic E-state index is 12.3. The van der Waals surface area contributed by atoms with Crippen LogP contribution in [-0.2, 0) is 10.0 Å². The van der Waals surface area contributed by atoms with E-state index >= 15 is 0 Å². The number of aryl methyl sites for hydroxylation is 1. The first-order valence-corrected chi connectivity index (χ1v) is 7.67. The van der Waals surface area contributed by atoms with E-state index in [-0.39, 0.29) is 16.6 Å². The van der Waals surface area contributed by atoms with Crippen molar-refractivity contribution in [2.75, 3.05) is 5.73 Å². The van der Waals surface area contributed by atoms with Gasteiger partial charge in [-0.3, -0.25) is 4.98 Å². The summed E-state index contributed by atoms with van der Waals surface area (Å²) in [6.07, 6.45) is 2.71. The highest BCUT2D eigenvalue weighted by atomic mass is 32.2. The molecule has 1 heterocycles. The fourth-order valence-electron chi connectivity index (χ4n) is 1.83. The van der Waals surface area contributed by atoms with Gasteiger partial charge in [-0.15, -0.1) is 0 Å². The van der Waals surface area contributed by atoms with Crippen molar-refractivity contribution < 1.29 is 8.42 Å². The number of hydrogen-bond acceptors (Lipinski definition) is 4. The highest BCUT2D eigenvalue weighted by Crippen LogP contribution is 2.20. The zero-order valence-electron chi connectivity index (χ0n) is 11.4. The molecule has 0 aliphatic carbocycles. The van der Waals surface area contributed by atoms with Gasteiger partial charge in [-0.2, -0.15) is 0 Å². The summed E-state index contributed by atoms with van der Waals surface area (Å²) >= 11 is 0. The molecule has 0 radical (unpaired) electrons. The maximum Gasteiger partial charge on any atom is 0.244 e. The van der Waals surface area contributed by atoms with E-state index in [1.165, 1.54) is 18.5 Å². The monoisotopic (exact) mass is 291 g/mol. The van der Waals surface area contributed by atoms with E-state index in [4.69, 9.17) is 5.73 Å². The second-order valence-electron chi connectivity index (χ2n) is 4.67. The number of nitrogens with two attached hydrogens (primary N) is 1. The minimum atomic E-state index is -3.69. The highest BCUT2D eigenvalue weighted by Gasteiger charge is 2.20. The lowest BCUT2D eigenvalue weighted by Crippen LogP contribution is -2.27. The number of hydrogen-bond donors (Lipinski definition) is 2. The van der Waals surface area contributed by atoms with E-state index < -0.39 is 10.0 Å². The Labute approximate surface area is 118 Å². The summed E-state index contributed by atoms with van der Waals surface area (Å²) in [5.41, 5.74) is 7.88. The van der Waals surface area contributed by atoms with Crippen LogP contribution < -0.4 is 10.5 Å². The molecule has 0 aliphatic heterocycles. The second kappa shape index (κ2) is 5.60. The first kappa shape index (κ1) is 14.5. The lowest BCUT2D eigenvalue weighted by atomic mass is 10.1. The Kier molecular flexibility index (Phi) is 4.06. The van der Waals surface area contributed by atoms with Crippen molar-refractivity contribution in [2.45, 2.75) is 24.8 Å². The van der Waals surface area contributed by atoms with Crippen molar-refractivity contribution in [1.82, 2.24) is 9.71 Å². The minimum absolute atomic E-state index is 0.000961. The molecule has 2 aromatic rings. The summed E-state index contributed by atoms with van der Waals surface area (Å²) < 4.78 is 27.1. The molecule has 3 N–H and O–H groups in total. The van der Waals surface area contributed by atoms with Crippen LogP contribution in [-0.4, -0.2) is 13.4 Å². The molecule has 1 unspecified atom stereocenters. The van der Waals surface area contributed by atoms with Crippen LogP contribution in [0.15, 0.2) is 47.6 Å². The van der Waals surface area contributed by atoms with Crippen molar-refractivity contribution in [3.05, 3.63) is 53.9 Å². The number of anilines is 1. The third kappa shape index (κ3) is 3.15. The highest BCUT2D eigenvalue weighted by molar-refractivity contribution is 7.89. The van der Waals surface area contributed by atoms with Gasteiger partial charge in [0.15, 0.2) is 0 Å². The summed E-state index contributed by atoms with van der Waals surface area (Å²) in [6.45, 7) is 3.77. The Morgan fingerprint density at radius 1 is 1.20 bits per heavy atom. The molecule has 0 aliphatic rings. The lowest BCUT2D eigenvalue weighted by molar-refractivity contribution is 0.567. The van der Waals surface area contributed by atoms with Crippen LogP contribution in [0, 0.1) is 6.92 Å². The molecule has 0 spiro atoms. The third-order valence-corrected chi connectivity index (χ3v) is 4.60. The van der Waals surface area contributed by atoms with Gasteiger partial charge >= 0.3 is 0 Å². The molecule has 1 aromatic carbocycles. The predicted octanol–water partition coefficient (Wildman–Crippen LogP) is 2.01. The number of rotatable bonds is 4. The van der Waals surface area contributed by atoms with Gasteiger partial charge < -0.3 is 5.73 Å². The number of nitrogens with one attached hydrogen (secondary N) is 1. The van der Waals surface area contributed by atoms with Gasteiger partial charge in [0.05, 0.1) is 5.69 Å². The summed E-state index contributed by atoms with van der Waals surface area (Å²) in [5.74, 6) is 0. The molecule has 20 heavy (non-hydrogen) atoms. The summed E-state index contributed by atoms with van der Waals surface area (Å²) in [4.78, 5) is 3.80. The van der Waals surface area contributed by atoms with E-state index in [2.05, 4.69) is 9.71 Å². The number of pyridine rings is 1. The molecule has 1 aromatic heterocycles. The van der Waals surface area contributed by atoms with Crippen LogP contribution in [0.5, 0.6) is 0 Å². The van der Waals surface area contributed by atoms with Gasteiger partial charge in [-0.05, 0) is 25.5 Å². The van der Waals surface area contributed by atoms with Gasteiger partial charge in [0.25, 0.3) is 0 Å². The van der Waals surface area contributed by atoms with Crippen LogP contribution >= 0.6 is 0 Å². The number of nitrogen functional groups attached to an aromatic ring is 1. The molecule has 0 bridgehead atoms. The van der Waals surface area contributed by atoms with Gasteiger partial charge in [-0.1, -0.05) is 29.8 Å². The molecular formula is C14H17N3O2S. The average Bonchev–Trinajstić information content (AvgIpc) is 2.39. The van der Waals surface area contributed by atoms with Crippen LogP contribution in [0.1, 0.15) is 24.1 Å². The zero-order valence-corrected chi connectivity index (χ0v) is 12.2. The minimum Gasteiger partial charge on any atom is -0.398 e. The fraction of sp³-hybridized carbons (Fsp3) is 0.214. The predicted molar refractivity (Wildman–Crippen MR) is 78.6 cm³/mol. The van der Waals surface area contributed by atoms with Crippen molar-refractivity contribution in [2.24, 2.45) is 0 Å². The molecule has 0 saturated heterocycles. The Bertz CT molecular complexity index is 697. The zero-order chi connectivity index (χ0) is 14.8. The van der Waals surface area contributed by atoms with Gasteiger partial charge in [0.2, 0.25) is 10.0 Å². The van der Waals surface area contributed by atoms with E-state index in [1.54, 1.807) is 6.92 Å². The molecule has 0 saturated carbocycles. The topological polar surface area (TPSA) is 85.1 Å². The molecule has 2 rings (SSSR count). The quantitative estimate of drug-likeness (QED) is 0.902. The van der Waals surface area contributed by atoms with E-state index in [0.29, 0.717) is 0 Å². The van der Waals surface area contributed by atoms with E-state index in [9.17, 15) is 8.42 Å². The maximum absolute atomic E-state index is 12.3. The number of sulfonamides is 1. The number of benzene rings is 1. The Morgan fingerprint density at radius 3 is 2.45 bits per heavy atom. The van der Waals surface area contributed by atoms with E-state index in [1.807, 2.05) is 31.2 Å². The summed E-state index contributed by atoms with van der Waals surface area (Å²) in [5, 5.41) is 0. The SMILES string of the molecule is Cc1ccc(C(C)NS(=O)(=O)c2cnccc2N)cc1. The summed E-state index contributed by atoms with van der Waals surface area (Å²) in [6, 6.07) is 8.80. The Hall–Kier alpha value is -1.92. The molecule has 6 heteroatoms. The van der Waals surface area contributed by atoms with Gasteiger partial charge in [0.1, 0.15) is 4.90 Å². The van der Waals surface area contributed by atoms with E-state index in [0.717, 1.165) is 11.1 Å². The lowest BCUT2D eigenvalue weighted by Gasteiger charge is -2.15. The van der Waals surface area contributed by atoms with Crippen LogP contribution in [0.2, 0.25) is 0 Å². The smallest absolute Gasteiger partial charge is 0.244 e. The second-order valence-corrected chi connectivity index (χ2v) is 6.35. The standard InChI is InChI=1S/C14H17N3O2S/c1-10-3-5-12(6-4-10)11(2)17-20(18,19)14-9-16-8-7-13(14)15/h3-9,11,17H,1-2H3,(H2,15,16). The average molecular weight is 291 g/mol. The molecule has 106 valence electrons. The summed E-state index contributed by atoms with van der Waals surface area (Å²) in [7, 11) is -3.69. The molecule has 0 fully saturated rings. The molecule has 0 amide bonds. The normalized spacial score (nSPS) is 13.1. The number of aromatic nitrogens is 1. The van der Waals surface area contributed by atoms with Crippen molar-refractivity contribution in [1.29, 1.82) is 0 Å². The number of nitrogens with zero attached hydrogens (tertiary/aromatic N) is 1.